The molecule has 1 aromatic heterocycles. The first kappa shape index (κ1) is 20.3. The molecule has 0 spiro atoms. The predicted octanol–water partition coefficient (Wildman–Crippen LogP) is 4.70. The average Bonchev–Trinajstić information content (AvgIpc) is 3.14. The summed E-state index contributed by atoms with van der Waals surface area (Å²) in [6.45, 7) is 4.45. The topological polar surface area (TPSA) is 64.0 Å². The van der Waals surface area contributed by atoms with Crippen molar-refractivity contribution in [3.05, 3.63) is 90.3 Å². The Balaban J connectivity index is 1.62. The van der Waals surface area contributed by atoms with E-state index in [1.807, 2.05) is 71.4 Å². The van der Waals surface area contributed by atoms with Gasteiger partial charge in [-0.1, -0.05) is 68.4 Å². The molecule has 0 saturated heterocycles. The highest BCUT2D eigenvalue weighted by atomic mass is 32.2. The minimum absolute atomic E-state index is 0.135. The van der Waals surface area contributed by atoms with Crippen LogP contribution in [0.15, 0.2) is 83.8 Å². The van der Waals surface area contributed by atoms with Crippen LogP contribution in [0.3, 0.4) is 0 Å². The first-order valence-corrected chi connectivity index (χ1v) is 11.5. The molecular formula is C24H25N3O2S. The van der Waals surface area contributed by atoms with E-state index in [1.165, 1.54) is 0 Å². The summed E-state index contributed by atoms with van der Waals surface area (Å²) in [6, 6.07) is 24.7. The summed E-state index contributed by atoms with van der Waals surface area (Å²) in [5.41, 5.74) is 2.73. The minimum Gasteiger partial charge on any atom is -0.238 e. The van der Waals surface area contributed by atoms with E-state index in [9.17, 15) is 8.42 Å². The van der Waals surface area contributed by atoms with Crippen LogP contribution < -0.4 is 4.72 Å². The maximum atomic E-state index is 13.0. The summed E-state index contributed by atoms with van der Waals surface area (Å²) in [5.74, 6) is 0.462. The van der Waals surface area contributed by atoms with Crippen molar-refractivity contribution in [2.75, 3.05) is 0 Å². The summed E-state index contributed by atoms with van der Waals surface area (Å²) in [4.78, 5) is 0.283. The van der Waals surface area contributed by atoms with Crippen LogP contribution >= 0.6 is 0 Å². The number of para-hydroxylation sites is 1. The smallest absolute Gasteiger partial charge is 0.238 e. The van der Waals surface area contributed by atoms with Crippen LogP contribution in [0.2, 0.25) is 0 Å². The molecule has 1 N–H and O–H groups in total. The van der Waals surface area contributed by atoms with Gasteiger partial charge in [0.15, 0.2) is 0 Å². The number of rotatable bonds is 7. The second-order valence-corrected chi connectivity index (χ2v) is 9.51. The van der Waals surface area contributed by atoms with Gasteiger partial charge in [0, 0.05) is 11.1 Å². The van der Waals surface area contributed by atoms with E-state index in [0.717, 1.165) is 23.2 Å². The first-order valence-electron chi connectivity index (χ1n) is 10.0. The molecule has 4 aromatic rings. The minimum atomic E-state index is -3.68. The van der Waals surface area contributed by atoms with Gasteiger partial charge in [0.1, 0.15) is 0 Å². The number of nitrogens with one attached hydrogen (secondary N) is 1. The second-order valence-electron chi connectivity index (χ2n) is 7.77. The monoisotopic (exact) mass is 419 g/mol. The van der Waals surface area contributed by atoms with Crippen molar-refractivity contribution in [2.24, 2.45) is 5.92 Å². The third-order valence-electron chi connectivity index (χ3n) is 4.93. The molecule has 0 aliphatic rings. The molecule has 3 aromatic carbocycles. The molecule has 5 nitrogen and oxygen atoms in total. The number of aromatic nitrogens is 2. The Morgan fingerprint density at radius 2 is 1.63 bits per heavy atom. The Bertz CT molecular complexity index is 1260. The zero-order valence-corrected chi connectivity index (χ0v) is 17.9. The maximum absolute atomic E-state index is 13.0. The number of hydrogen-bond donors (Lipinski definition) is 1. The van der Waals surface area contributed by atoms with Gasteiger partial charge in [-0.05, 0) is 42.0 Å². The molecule has 0 aliphatic heterocycles. The van der Waals surface area contributed by atoms with E-state index in [2.05, 4.69) is 23.7 Å². The highest BCUT2D eigenvalue weighted by Crippen LogP contribution is 2.23. The van der Waals surface area contributed by atoms with Crippen LogP contribution in [0.4, 0.5) is 0 Å². The number of sulfonamides is 1. The molecule has 6 heteroatoms. The van der Waals surface area contributed by atoms with Crippen LogP contribution in [0.1, 0.15) is 25.2 Å². The molecule has 1 heterocycles. The molecule has 0 unspecified atom stereocenters. The summed E-state index contributed by atoms with van der Waals surface area (Å²) in [6.07, 6.45) is 0.859. The van der Waals surface area contributed by atoms with E-state index >= 15 is 0 Å². The van der Waals surface area contributed by atoms with Crippen molar-refractivity contribution in [3.8, 4) is 5.69 Å². The number of hydrogen-bond acceptors (Lipinski definition) is 3. The van der Waals surface area contributed by atoms with Crippen molar-refractivity contribution in [3.63, 3.8) is 0 Å². The van der Waals surface area contributed by atoms with Crippen molar-refractivity contribution in [1.29, 1.82) is 0 Å². The van der Waals surface area contributed by atoms with Crippen molar-refractivity contribution in [2.45, 2.75) is 31.7 Å². The molecular weight excluding hydrogens is 394 g/mol. The fourth-order valence-electron chi connectivity index (χ4n) is 3.59. The third kappa shape index (κ3) is 4.30. The molecule has 0 saturated carbocycles. The third-order valence-corrected chi connectivity index (χ3v) is 6.39. The Kier molecular flexibility index (Phi) is 5.70. The van der Waals surface area contributed by atoms with E-state index in [0.29, 0.717) is 17.0 Å². The molecule has 30 heavy (non-hydrogen) atoms. The molecule has 0 fully saturated rings. The second kappa shape index (κ2) is 8.42. The lowest BCUT2D eigenvalue weighted by Crippen LogP contribution is -2.23. The fraction of sp³-hybridized carbons (Fsp3) is 0.208. The summed E-state index contributed by atoms with van der Waals surface area (Å²) >= 11 is 0. The van der Waals surface area contributed by atoms with Crippen LogP contribution in [0.25, 0.3) is 16.5 Å². The molecule has 0 radical (unpaired) electrons. The standard InChI is InChI=1S/C24H25N3O2S/c1-18(2)15-22-16-20(26-27(22)21-11-4-3-5-12-21)17-25-30(28,29)24-14-8-10-19-9-6-7-13-23(19)24/h3-14,16,18,25H,15,17H2,1-2H3. The molecule has 0 amide bonds. The Morgan fingerprint density at radius 3 is 2.40 bits per heavy atom. The van der Waals surface area contributed by atoms with Crippen molar-refractivity contribution in [1.82, 2.24) is 14.5 Å². The lowest BCUT2D eigenvalue weighted by Gasteiger charge is -2.09. The molecule has 154 valence electrons. The summed E-state index contributed by atoms with van der Waals surface area (Å²) in [7, 11) is -3.68. The van der Waals surface area contributed by atoms with Gasteiger partial charge >= 0.3 is 0 Å². The zero-order valence-electron chi connectivity index (χ0n) is 17.1. The predicted molar refractivity (Wildman–Crippen MR) is 120 cm³/mol. The lowest BCUT2D eigenvalue weighted by atomic mass is 10.1. The molecule has 4 rings (SSSR count). The summed E-state index contributed by atoms with van der Waals surface area (Å²) < 4.78 is 30.7. The number of fused-ring (bicyclic) bond motifs is 1. The normalized spacial score (nSPS) is 12.0. The molecule has 0 bridgehead atoms. The molecule has 0 atom stereocenters. The van der Waals surface area contributed by atoms with E-state index in [4.69, 9.17) is 0 Å². The Labute approximate surface area is 177 Å². The van der Waals surface area contributed by atoms with Gasteiger partial charge in [-0.3, -0.25) is 0 Å². The van der Waals surface area contributed by atoms with Crippen molar-refractivity contribution < 1.29 is 8.42 Å². The van der Waals surface area contributed by atoms with Crippen LogP contribution in [0.5, 0.6) is 0 Å². The average molecular weight is 420 g/mol. The Morgan fingerprint density at radius 1 is 0.933 bits per heavy atom. The quantitative estimate of drug-likeness (QED) is 0.472. The first-order chi connectivity index (χ1) is 14.4. The highest BCUT2D eigenvalue weighted by Gasteiger charge is 2.18. The van der Waals surface area contributed by atoms with Crippen LogP contribution in [-0.2, 0) is 23.0 Å². The van der Waals surface area contributed by atoms with Gasteiger partial charge in [-0.15, -0.1) is 0 Å². The number of benzene rings is 3. The van der Waals surface area contributed by atoms with E-state index in [1.54, 1.807) is 12.1 Å². The summed E-state index contributed by atoms with van der Waals surface area (Å²) in [5, 5.41) is 6.29. The van der Waals surface area contributed by atoms with Crippen molar-refractivity contribution >= 4 is 20.8 Å². The van der Waals surface area contributed by atoms with Gasteiger partial charge < -0.3 is 0 Å². The lowest BCUT2D eigenvalue weighted by molar-refractivity contribution is 0.581. The highest BCUT2D eigenvalue weighted by molar-refractivity contribution is 7.89. The van der Waals surface area contributed by atoms with E-state index in [-0.39, 0.29) is 11.4 Å². The largest absolute Gasteiger partial charge is 0.241 e. The van der Waals surface area contributed by atoms with Crippen LogP contribution in [-0.4, -0.2) is 18.2 Å². The van der Waals surface area contributed by atoms with Gasteiger partial charge in [-0.25, -0.2) is 17.8 Å². The molecule has 0 aliphatic carbocycles. The number of nitrogens with zero attached hydrogens (tertiary/aromatic N) is 2. The fourth-order valence-corrected chi connectivity index (χ4v) is 4.82. The van der Waals surface area contributed by atoms with Gasteiger partial charge in [-0.2, -0.15) is 5.10 Å². The van der Waals surface area contributed by atoms with Gasteiger partial charge in [0.05, 0.1) is 22.8 Å². The van der Waals surface area contributed by atoms with Gasteiger partial charge in [0.25, 0.3) is 0 Å². The SMILES string of the molecule is CC(C)Cc1cc(CNS(=O)(=O)c2cccc3ccccc23)nn1-c1ccccc1. The maximum Gasteiger partial charge on any atom is 0.241 e. The van der Waals surface area contributed by atoms with Crippen LogP contribution in [0, 0.1) is 5.92 Å². The Hall–Kier alpha value is -2.96. The van der Waals surface area contributed by atoms with E-state index < -0.39 is 10.0 Å². The van der Waals surface area contributed by atoms with Gasteiger partial charge in [0.2, 0.25) is 10.0 Å². The zero-order chi connectivity index (χ0) is 21.1.